The smallest absolute Gasteiger partial charge is 0.264 e. The summed E-state index contributed by atoms with van der Waals surface area (Å²) in [6, 6.07) is 55.4. The molecule has 4 heteroatoms. The number of fused-ring (bicyclic) bond motifs is 11. The molecule has 2 aliphatic carbocycles. The van der Waals surface area contributed by atoms with Crippen molar-refractivity contribution in [2.45, 2.75) is 136 Å². The van der Waals surface area contributed by atoms with Gasteiger partial charge in [0.15, 0.2) is 0 Å². The zero-order chi connectivity index (χ0) is 47.9. The van der Waals surface area contributed by atoms with Crippen LogP contribution in [0.25, 0.3) is 32.3 Å². The van der Waals surface area contributed by atoms with E-state index < -0.39 is 0 Å². The first-order chi connectivity index (χ1) is 32.9. The summed E-state index contributed by atoms with van der Waals surface area (Å²) >= 11 is 2.03. The minimum atomic E-state index is -0.0236. The Bertz CT molecular complexity index is 3340. The van der Waals surface area contributed by atoms with E-state index in [4.69, 9.17) is 0 Å². The van der Waals surface area contributed by atoms with E-state index in [0.29, 0.717) is 5.92 Å². The minimum Gasteiger partial charge on any atom is -0.311 e. The molecule has 346 valence electrons. The highest BCUT2D eigenvalue weighted by molar-refractivity contribution is 7.33. The van der Waals surface area contributed by atoms with Gasteiger partial charge in [-0.2, -0.15) is 0 Å². The fraction of sp³-hybridized carbons (Fsp3) is 0.323. The third kappa shape index (κ3) is 6.86. The maximum Gasteiger partial charge on any atom is 0.264 e. The molecule has 0 unspecified atom stereocenters. The summed E-state index contributed by atoms with van der Waals surface area (Å²) in [5.41, 5.74) is 24.6. The van der Waals surface area contributed by atoms with E-state index in [2.05, 4.69) is 225 Å². The predicted octanol–water partition coefficient (Wildman–Crippen LogP) is 16.9. The molecule has 0 N–H and O–H groups in total. The van der Waals surface area contributed by atoms with Gasteiger partial charge in [0, 0.05) is 48.6 Å². The SMILES string of the molecule is CC(C)c1cc2c3c(c1)N(c1cccc4c1-c1ccccc1C41CCCCC1)c1c(sc4cc(C(C)(C)C)ccc14)B3c1ccc(C(C)(C)C)cc1N2c1ccc(-c2ccc(C(C)(C)C)cc2)cc1. The number of rotatable bonds is 4. The van der Waals surface area contributed by atoms with Gasteiger partial charge < -0.3 is 9.80 Å². The molecule has 2 nitrogen and oxygen atoms in total. The quantitative estimate of drug-likeness (QED) is 0.162. The highest BCUT2D eigenvalue weighted by Gasteiger charge is 2.49. The van der Waals surface area contributed by atoms with E-state index in [0.717, 1.165) is 0 Å². The Balaban J connectivity index is 1.15. The van der Waals surface area contributed by atoms with Gasteiger partial charge in [0.2, 0.25) is 0 Å². The molecule has 12 rings (SSSR count). The van der Waals surface area contributed by atoms with Crippen molar-refractivity contribution in [3.63, 3.8) is 0 Å². The number of hydrogen-bond acceptors (Lipinski definition) is 3. The molecule has 2 aliphatic heterocycles. The van der Waals surface area contributed by atoms with Gasteiger partial charge in [0.05, 0.1) is 11.4 Å². The van der Waals surface area contributed by atoms with Crippen molar-refractivity contribution in [1.82, 2.24) is 0 Å². The topological polar surface area (TPSA) is 6.48 Å². The second kappa shape index (κ2) is 15.6. The first-order valence-electron chi connectivity index (χ1n) is 25.9. The molecule has 1 saturated carbocycles. The van der Waals surface area contributed by atoms with Crippen LogP contribution in [0, 0.1) is 0 Å². The van der Waals surface area contributed by atoms with E-state index in [1.807, 2.05) is 11.3 Å². The predicted molar refractivity (Wildman–Crippen MR) is 301 cm³/mol. The third-order valence-corrected chi connectivity index (χ3v) is 17.7. The summed E-state index contributed by atoms with van der Waals surface area (Å²) in [5.74, 6) is 0.317. The molecular weight excluding hydrogens is 852 g/mol. The Kier molecular flexibility index (Phi) is 10.0. The van der Waals surface area contributed by atoms with E-state index >= 15 is 0 Å². The fourth-order valence-corrected chi connectivity index (χ4v) is 14.0. The lowest BCUT2D eigenvalue weighted by Crippen LogP contribution is -2.60. The molecule has 1 aromatic heterocycles. The summed E-state index contributed by atoms with van der Waals surface area (Å²) in [4.78, 5) is 5.40. The Labute approximate surface area is 416 Å². The molecule has 8 aromatic rings. The van der Waals surface area contributed by atoms with Crippen LogP contribution in [0.3, 0.4) is 0 Å². The molecule has 69 heavy (non-hydrogen) atoms. The van der Waals surface area contributed by atoms with Crippen LogP contribution in [0.2, 0.25) is 0 Å². The molecular formula is C65H67BN2S. The first-order valence-corrected chi connectivity index (χ1v) is 26.7. The van der Waals surface area contributed by atoms with E-state index in [1.165, 1.54) is 148 Å². The summed E-state index contributed by atoms with van der Waals surface area (Å²) < 4.78 is 2.81. The number of thiophene rings is 1. The van der Waals surface area contributed by atoms with Crippen LogP contribution >= 0.6 is 11.3 Å². The van der Waals surface area contributed by atoms with E-state index in [-0.39, 0.29) is 28.4 Å². The van der Waals surface area contributed by atoms with Crippen LogP contribution in [0.15, 0.2) is 140 Å². The van der Waals surface area contributed by atoms with Crippen LogP contribution in [0.5, 0.6) is 0 Å². The second-order valence-corrected chi connectivity index (χ2v) is 25.4. The van der Waals surface area contributed by atoms with E-state index in [9.17, 15) is 0 Å². The lowest BCUT2D eigenvalue weighted by molar-refractivity contribution is 0.353. The lowest BCUT2D eigenvalue weighted by Gasteiger charge is -2.44. The lowest BCUT2D eigenvalue weighted by atomic mass is 9.36. The van der Waals surface area contributed by atoms with Crippen molar-refractivity contribution in [3.05, 3.63) is 173 Å². The average Bonchev–Trinajstić information content (AvgIpc) is 3.84. The number of benzene rings is 7. The van der Waals surface area contributed by atoms with Crippen molar-refractivity contribution >= 4 is 78.0 Å². The molecule has 1 fully saturated rings. The van der Waals surface area contributed by atoms with E-state index in [1.54, 1.807) is 0 Å². The summed E-state index contributed by atoms with van der Waals surface area (Å²) in [7, 11) is 0. The molecule has 0 bridgehead atoms. The molecule has 3 heterocycles. The number of hydrogen-bond donors (Lipinski definition) is 0. The van der Waals surface area contributed by atoms with Crippen LogP contribution in [0.1, 0.15) is 148 Å². The average molecular weight is 919 g/mol. The fourth-order valence-electron chi connectivity index (χ4n) is 12.6. The Morgan fingerprint density at radius 1 is 0.536 bits per heavy atom. The Morgan fingerprint density at radius 2 is 1.13 bits per heavy atom. The van der Waals surface area contributed by atoms with Crippen molar-refractivity contribution in [2.24, 2.45) is 0 Å². The monoisotopic (exact) mass is 919 g/mol. The molecule has 0 saturated heterocycles. The Morgan fingerprint density at radius 3 is 1.80 bits per heavy atom. The molecule has 1 spiro atoms. The van der Waals surface area contributed by atoms with Gasteiger partial charge in [0.1, 0.15) is 0 Å². The van der Waals surface area contributed by atoms with Gasteiger partial charge in [-0.15, -0.1) is 11.3 Å². The summed E-state index contributed by atoms with van der Waals surface area (Å²) in [5, 5.41) is 1.35. The van der Waals surface area contributed by atoms with Gasteiger partial charge in [-0.1, -0.05) is 192 Å². The maximum atomic E-state index is 2.76. The van der Waals surface area contributed by atoms with Crippen molar-refractivity contribution in [2.75, 3.05) is 9.80 Å². The normalized spacial score (nSPS) is 15.9. The third-order valence-electron chi connectivity index (χ3n) is 16.5. The zero-order valence-corrected chi connectivity index (χ0v) is 43.6. The van der Waals surface area contributed by atoms with Crippen molar-refractivity contribution in [3.8, 4) is 22.3 Å². The number of nitrogens with zero attached hydrogens (tertiary/aromatic N) is 2. The van der Waals surface area contributed by atoms with Gasteiger partial charge >= 0.3 is 0 Å². The first kappa shape index (κ1) is 44.4. The maximum absolute atomic E-state index is 2.76. The Hall–Kier alpha value is -5.84. The van der Waals surface area contributed by atoms with Crippen molar-refractivity contribution < 1.29 is 0 Å². The number of anilines is 6. The standard InChI is InChI=1S/C65H67BN2S/c1-40(2)43-36-55-59-56(37-43)68(53-21-17-20-51-58(53)48-18-13-14-19-50(48)65(51)34-15-12-16-35-65)60-49-32-28-46(64(9,10)11)39-57(49)69-61(60)66(59)52-33-29-45(63(6,7)8)38-54(52)67(55)47-30-24-42(25-31-47)41-22-26-44(27-23-41)62(3,4)5/h13-14,17-33,36-40H,12,15-16,34-35H2,1-11H3. The molecule has 7 aromatic carbocycles. The van der Waals surface area contributed by atoms with Crippen LogP contribution in [-0.4, -0.2) is 6.71 Å². The zero-order valence-electron chi connectivity index (χ0n) is 42.8. The summed E-state index contributed by atoms with van der Waals surface area (Å²) in [6.07, 6.45) is 6.31. The highest BCUT2D eigenvalue weighted by Crippen LogP contribution is 2.60. The molecule has 0 amide bonds. The second-order valence-electron chi connectivity index (χ2n) is 24.3. The van der Waals surface area contributed by atoms with Crippen LogP contribution in [-0.2, 0) is 21.7 Å². The molecule has 0 atom stereocenters. The van der Waals surface area contributed by atoms with Crippen LogP contribution < -0.4 is 25.5 Å². The van der Waals surface area contributed by atoms with Gasteiger partial charge in [-0.05, 0) is 138 Å². The molecule has 0 radical (unpaired) electrons. The van der Waals surface area contributed by atoms with Gasteiger partial charge in [-0.3, -0.25) is 0 Å². The van der Waals surface area contributed by atoms with Crippen molar-refractivity contribution in [1.29, 1.82) is 0 Å². The summed E-state index contributed by atoms with van der Waals surface area (Å²) in [6.45, 7) is 25.8. The van der Waals surface area contributed by atoms with Gasteiger partial charge in [-0.25, -0.2) is 0 Å². The minimum absolute atomic E-state index is 0.0236. The van der Waals surface area contributed by atoms with Gasteiger partial charge in [0.25, 0.3) is 6.71 Å². The molecule has 4 aliphatic rings. The van der Waals surface area contributed by atoms with Crippen LogP contribution in [0.4, 0.5) is 34.1 Å². The highest BCUT2D eigenvalue weighted by atomic mass is 32.1. The largest absolute Gasteiger partial charge is 0.311 e.